The van der Waals surface area contributed by atoms with Crippen LogP contribution < -0.4 is 0 Å². The van der Waals surface area contributed by atoms with E-state index in [9.17, 15) is 5.26 Å². The molecule has 4 heteroatoms. The van der Waals surface area contributed by atoms with Crippen LogP contribution in [-0.4, -0.2) is 14.1 Å². The van der Waals surface area contributed by atoms with Crippen molar-refractivity contribution >= 4 is 43.6 Å². The molecular formula is C42H26N4. The Bertz CT molecular complexity index is 2650. The molecule has 0 radical (unpaired) electrons. The lowest BCUT2D eigenvalue weighted by Crippen LogP contribution is -1.95. The summed E-state index contributed by atoms with van der Waals surface area (Å²) in [7, 11) is 0. The van der Waals surface area contributed by atoms with Crippen molar-refractivity contribution in [3.8, 4) is 39.7 Å². The predicted molar refractivity (Wildman–Crippen MR) is 189 cm³/mol. The number of nitrogens with zero attached hydrogens (tertiary/aromatic N) is 4. The Balaban J connectivity index is 1.29. The summed E-state index contributed by atoms with van der Waals surface area (Å²) in [5.41, 5.74) is 11.7. The highest BCUT2D eigenvalue weighted by Gasteiger charge is 2.20. The van der Waals surface area contributed by atoms with Crippen molar-refractivity contribution in [3.05, 3.63) is 164 Å². The van der Waals surface area contributed by atoms with Gasteiger partial charge in [-0.25, -0.2) is 4.98 Å². The number of benzene rings is 6. The fourth-order valence-corrected chi connectivity index (χ4v) is 7.01. The number of hydrogen-bond acceptors (Lipinski definition) is 2. The molecule has 0 saturated heterocycles. The topological polar surface area (TPSA) is 46.5 Å². The highest BCUT2D eigenvalue weighted by Crippen LogP contribution is 2.42. The molecule has 0 atom stereocenters. The number of aromatic nitrogens is 3. The van der Waals surface area contributed by atoms with Crippen molar-refractivity contribution in [1.29, 1.82) is 5.26 Å². The van der Waals surface area contributed by atoms with E-state index in [-0.39, 0.29) is 0 Å². The maximum absolute atomic E-state index is 9.37. The van der Waals surface area contributed by atoms with E-state index in [4.69, 9.17) is 0 Å². The lowest BCUT2D eigenvalue weighted by atomic mass is 9.99. The zero-order valence-corrected chi connectivity index (χ0v) is 24.8. The lowest BCUT2D eigenvalue weighted by Gasteiger charge is -2.12. The Kier molecular flexibility index (Phi) is 5.84. The van der Waals surface area contributed by atoms with E-state index in [2.05, 4.69) is 160 Å². The second-order valence-corrected chi connectivity index (χ2v) is 11.6. The van der Waals surface area contributed by atoms with E-state index in [1.807, 2.05) is 12.1 Å². The van der Waals surface area contributed by atoms with Gasteiger partial charge in [-0.05, 0) is 82.9 Å². The molecule has 46 heavy (non-hydrogen) atoms. The van der Waals surface area contributed by atoms with Crippen molar-refractivity contribution in [3.63, 3.8) is 0 Å². The molecule has 3 aromatic heterocycles. The van der Waals surface area contributed by atoms with E-state index in [1.165, 1.54) is 43.6 Å². The Hall–Kier alpha value is -6.44. The molecule has 0 unspecified atom stereocenters. The summed E-state index contributed by atoms with van der Waals surface area (Å²) in [6, 6.07) is 55.8. The van der Waals surface area contributed by atoms with Gasteiger partial charge in [0.25, 0.3) is 0 Å². The molecule has 0 aliphatic carbocycles. The highest BCUT2D eigenvalue weighted by atomic mass is 15.0. The van der Waals surface area contributed by atoms with E-state index >= 15 is 0 Å². The molecule has 214 valence electrons. The minimum absolute atomic E-state index is 0.414. The third kappa shape index (κ3) is 3.96. The number of pyridine rings is 1. The van der Waals surface area contributed by atoms with E-state index in [1.54, 1.807) is 6.20 Å². The van der Waals surface area contributed by atoms with Crippen LogP contribution >= 0.6 is 0 Å². The third-order valence-electron chi connectivity index (χ3n) is 8.99. The highest BCUT2D eigenvalue weighted by molar-refractivity contribution is 6.26. The summed E-state index contributed by atoms with van der Waals surface area (Å²) in [4.78, 5) is 4.14. The molecule has 0 amide bonds. The monoisotopic (exact) mass is 586 g/mol. The van der Waals surface area contributed by atoms with Gasteiger partial charge < -0.3 is 9.13 Å². The van der Waals surface area contributed by atoms with Crippen molar-refractivity contribution in [2.75, 3.05) is 0 Å². The summed E-state index contributed by atoms with van der Waals surface area (Å²) in [6.45, 7) is 0. The fraction of sp³-hybridized carbons (Fsp3) is 0. The van der Waals surface area contributed by atoms with Crippen LogP contribution in [0.4, 0.5) is 0 Å². The SMILES string of the molecule is N#Cc1cc(-c2cccc(-c3cccc(-n4c5ccccc5c5c4ccc4c6ccccc6n(-c6ccccc6)c45)c3)c2)ccn1. The molecule has 0 N–H and O–H groups in total. The first-order valence-corrected chi connectivity index (χ1v) is 15.4. The molecule has 4 nitrogen and oxygen atoms in total. The number of para-hydroxylation sites is 3. The van der Waals surface area contributed by atoms with Crippen LogP contribution in [0.2, 0.25) is 0 Å². The predicted octanol–water partition coefficient (Wildman–Crippen LogP) is 10.5. The van der Waals surface area contributed by atoms with Crippen molar-refractivity contribution in [1.82, 2.24) is 14.1 Å². The minimum Gasteiger partial charge on any atom is -0.309 e. The average Bonchev–Trinajstić information content (AvgIpc) is 3.65. The number of rotatable bonds is 4. The molecule has 9 rings (SSSR count). The summed E-state index contributed by atoms with van der Waals surface area (Å²) in [6.07, 6.45) is 1.69. The van der Waals surface area contributed by atoms with Crippen LogP contribution in [0.5, 0.6) is 0 Å². The second-order valence-electron chi connectivity index (χ2n) is 11.6. The summed E-state index contributed by atoms with van der Waals surface area (Å²) < 4.78 is 4.81. The fourth-order valence-electron chi connectivity index (χ4n) is 7.01. The van der Waals surface area contributed by atoms with Gasteiger partial charge >= 0.3 is 0 Å². The average molecular weight is 587 g/mol. The van der Waals surface area contributed by atoms with Crippen molar-refractivity contribution < 1.29 is 0 Å². The van der Waals surface area contributed by atoms with Gasteiger partial charge in [0.1, 0.15) is 11.8 Å². The number of hydrogen-bond donors (Lipinski definition) is 0. The quantitative estimate of drug-likeness (QED) is 0.206. The Morgan fingerprint density at radius 1 is 0.457 bits per heavy atom. The van der Waals surface area contributed by atoms with Gasteiger partial charge in [-0.3, -0.25) is 0 Å². The van der Waals surface area contributed by atoms with Crippen molar-refractivity contribution in [2.24, 2.45) is 0 Å². The first kappa shape index (κ1) is 26.0. The van der Waals surface area contributed by atoms with E-state index < -0.39 is 0 Å². The number of nitriles is 1. The van der Waals surface area contributed by atoms with E-state index in [0.717, 1.165) is 33.6 Å². The van der Waals surface area contributed by atoms with Crippen LogP contribution in [0.3, 0.4) is 0 Å². The van der Waals surface area contributed by atoms with E-state index in [0.29, 0.717) is 5.69 Å². The Labute approximate surface area is 265 Å². The van der Waals surface area contributed by atoms with Gasteiger partial charge in [-0.1, -0.05) is 91.0 Å². The molecule has 6 aromatic carbocycles. The molecular weight excluding hydrogens is 560 g/mol. The van der Waals surface area contributed by atoms with Gasteiger partial charge in [0, 0.05) is 39.1 Å². The molecule has 0 aliphatic rings. The van der Waals surface area contributed by atoms with Crippen LogP contribution in [0, 0.1) is 11.3 Å². The zero-order valence-electron chi connectivity index (χ0n) is 24.8. The van der Waals surface area contributed by atoms with Crippen LogP contribution in [-0.2, 0) is 0 Å². The van der Waals surface area contributed by atoms with Gasteiger partial charge in [-0.15, -0.1) is 0 Å². The van der Waals surface area contributed by atoms with Gasteiger partial charge in [-0.2, -0.15) is 5.26 Å². The Morgan fingerprint density at radius 2 is 1.09 bits per heavy atom. The molecule has 0 fully saturated rings. The van der Waals surface area contributed by atoms with Gasteiger partial charge in [0.05, 0.1) is 22.1 Å². The van der Waals surface area contributed by atoms with Gasteiger partial charge in [0.15, 0.2) is 0 Å². The standard InChI is InChI=1S/C42H26N4/c43-27-32-25-31(22-23-44-32)29-11-8-10-28(24-29)30-12-9-15-34(26-30)45-39-19-7-5-17-37(39)41-40(45)21-20-36-35-16-4-6-18-38(35)46(42(36)41)33-13-2-1-3-14-33/h1-26H. The molecule has 0 saturated carbocycles. The largest absolute Gasteiger partial charge is 0.309 e. The molecule has 0 aliphatic heterocycles. The first-order valence-electron chi connectivity index (χ1n) is 15.4. The molecule has 0 bridgehead atoms. The normalized spacial score (nSPS) is 11.5. The zero-order chi connectivity index (χ0) is 30.6. The molecule has 3 heterocycles. The summed E-state index contributed by atoms with van der Waals surface area (Å²) >= 11 is 0. The summed E-state index contributed by atoms with van der Waals surface area (Å²) in [5, 5.41) is 14.3. The molecule has 9 aromatic rings. The number of fused-ring (bicyclic) bond motifs is 7. The smallest absolute Gasteiger partial charge is 0.141 e. The maximum Gasteiger partial charge on any atom is 0.141 e. The summed E-state index contributed by atoms with van der Waals surface area (Å²) in [5.74, 6) is 0. The van der Waals surface area contributed by atoms with Crippen LogP contribution in [0.15, 0.2) is 158 Å². The first-order chi connectivity index (χ1) is 22.8. The van der Waals surface area contributed by atoms with Crippen LogP contribution in [0.25, 0.3) is 77.2 Å². The maximum atomic E-state index is 9.37. The van der Waals surface area contributed by atoms with Crippen molar-refractivity contribution in [2.45, 2.75) is 0 Å². The Morgan fingerprint density at radius 3 is 1.87 bits per heavy atom. The minimum atomic E-state index is 0.414. The third-order valence-corrected chi connectivity index (χ3v) is 8.99. The second kappa shape index (κ2) is 10.3. The molecule has 0 spiro atoms. The lowest BCUT2D eigenvalue weighted by molar-refractivity contribution is 1.17. The van der Waals surface area contributed by atoms with Crippen LogP contribution in [0.1, 0.15) is 5.69 Å². The van der Waals surface area contributed by atoms with Gasteiger partial charge in [0.2, 0.25) is 0 Å².